The maximum absolute atomic E-state index is 5.21. The molecule has 1 aliphatic carbocycles. The van der Waals surface area contributed by atoms with Gasteiger partial charge in [0.05, 0.1) is 12.9 Å². The van der Waals surface area contributed by atoms with Crippen molar-refractivity contribution >= 4 is 0 Å². The number of nitrogens with zero attached hydrogens (tertiary/aromatic N) is 2. The lowest BCUT2D eigenvalue weighted by Gasteiger charge is -2.17. The first kappa shape index (κ1) is 10.6. The van der Waals surface area contributed by atoms with Gasteiger partial charge in [-0.3, -0.25) is 0 Å². The molecule has 1 atom stereocenters. The first-order valence-electron chi connectivity index (χ1n) is 5.58. The lowest BCUT2D eigenvalue weighted by molar-refractivity contribution is 0.157. The van der Waals surface area contributed by atoms with Crippen LogP contribution in [-0.2, 0) is 11.3 Å². The largest absolute Gasteiger partial charge is 0.383 e. The van der Waals surface area contributed by atoms with Crippen LogP contribution in [0.15, 0.2) is 18.7 Å². The lowest BCUT2D eigenvalue weighted by atomic mass is 10.2. The Balaban J connectivity index is 1.66. The standard InChI is InChI=1S/C11H19N3O/c1-15-8-11(10-2-3-10)13-5-7-14-6-4-12-9-14/h4,6,9-11,13H,2-3,5,7-8H2,1H3. The van der Waals surface area contributed by atoms with Gasteiger partial charge < -0.3 is 14.6 Å². The quantitative estimate of drug-likeness (QED) is 0.725. The number of methoxy groups -OCH3 is 1. The van der Waals surface area contributed by atoms with E-state index >= 15 is 0 Å². The van der Waals surface area contributed by atoms with Crippen LogP contribution >= 0.6 is 0 Å². The van der Waals surface area contributed by atoms with Crippen molar-refractivity contribution in [2.45, 2.75) is 25.4 Å². The summed E-state index contributed by atoms with van der Waals surface area (Å²) in [5.74, 6) is 0.840. The Labute approximate surface area is 90.6 Å². The molecule has 1 aromatic heterocycles. The van der Waals surface area contributed by atoms with Gasteiger partial charge in [-0.1, -0.05) is 0 Å². The summed E-state index contributed by atoms with van der Waals surface area (Å²) >= 11 is 0. The minimum absolute atomic E-state index is 0.540. The molecule has 1 aliphatic rings. The molecule has 4 heteroatoms. The van der Waals surface area contributed by atoms with Crippen LogP contribution in [0.5, 0.6) is 0 Å². The maximum Gasteiger partial charge on any atom is 0.0946 e. The van der Waals surface area contributed by atoms with Crippen LogP contribution < -0.4 is 5.32 Å². The van der Waals surface area contributed by atoms with Gasteiger partial charge in [0.1, 0.15) is 0 Å². The second-order valence-electron chi connectivity index (χ2n) is 4.15. The third-order valence-electron chi connectivity index (χ3n) is 2.87. The lowest BCUT2D eigenvalue weighted by Crippen LogP contribution is -2.37. The number of aromatic nitrogens is 2. The number of imidazole rings is 1. The van der Waals surface area contributed by atoms with Crippen LogP contribution in [0, 0.1) is 5.92 Å². The summed E-state index contributed by atoms with van der Waals surface area (Å²) < 4.78 is 7.30. The minimum atomic E-state index is 0.540. The van der Waals surface area contributed by atoms with Gasteiger partial charge in [-0.25, -0.2) is 4.98 Å². The maximum atomic E-state index is 5.21. The predicted octanol–water partition coefficient (Wildman–Crippen LogP) is 0.898. The van der Waals surface area contributed by atoms with Gasteiger partial charge in [-0.05, 0) is 18.8 Å². The smallest absolute Gasteiger partial charge is 0.0946 e. The van der Waals surface area contributed by atoms with E-state index in [4.69, 9.17) is 4.74 Å². The van der Waals surface area contributed by atoms with E-state index in [-0.39, 0.29) is 0 Å². The van der Waals surface area contributed by atoms with Crippen molar-refractivity contribution in [2.24, 2.45) is 5.92 Å². The fraction of sp³-hybridized carbons (Fsp3) is 0.727. The van der Waals surface area contributed by atoms with Crippen LogP contribution in [-0.4, -0.2) is 35.9 Å². The summed E-state index contributed by atoms with van der Waals surface area (Å²) in [5, 5.41) is 3.55. The third kappa shape index (κ3) is 3.32. The van der Waals surface area contributed by atoms with E-state index in [9.17, 15) is 0 Å². The molecule has 0 aromatic carbocycles. The first-order chi connectivity index (χ1) is 7.40. The van der Waals surface area contributed by atoms with Crippen molar-refractivity contribution in [1.82, 2.24) is 14.9 Å². The fourth-order valence-electron chi connectivity index (χ4n) is 1.84. The summed E-state index contributed by atoms with van der Waals surface area (Å²) in [6.45, 7) is 2.79. The molecule has 0 aliphatic heterocycles. The molecular formula is C11H19N3O. The zero-order chi connectivity index (χ0) is 10.5. The molecule has 1 heterocycles. The van der Waals surface area contributed by atoms with Gasteiger partial charge in [0.25, 0.3) is 0 Å². The van der Waals surface area contributed by atoms with Crippen LogP contribution in [0.4, 0.5) is 0 Å². The molecular weight excluding hydrogens is 190 g/mol. The number of rotatable bonds is 7. The van der Waals surface area contributed by atoms with E-state index in [0.29, 0.717) is 6.04 Å². The van der Waals surface area contributed by atoms with Gasteiger partial charge in [-0.15, -0.1) is 0 Å². The van der Waals surface area contributed by atoms with E-state index in [2.05, 4.69) is 14.9 Å². The highest BCUT2D eigenvalue weighted by molar-refractivity contribution is 4.86. The summed E-state index contributed by atoms with van der Waals surface area (Å²) in [7, 11) is 1.77. The van der Waals surface area contributed by atoms with Gasteiger partial charge in [0, 0.05) is 38.6 Å². The SMILES string of the molecule is COCC(NCCn1ccnc1)C1CC1. The molecule has 0 bridgehead atoms. The molecule has 4 nitrogen and oxygen atoms in total. The molecule has 0 radical (unpaired) electrons. The predicted molar refractivity (Wildman–Crippen MR) is 58.6 cm³/mol. The molecule has 0 saturated heterocycles. The van der Waals surface area contributed by atoms with E-state index in [1.54, 1.807) is 7.11 Å². The Morgan fingerprint density at radius 1 is 1.60 bits per heavy atom. The number of hydrogen-bond acceptors (Lipinski definition) is 3. The van der Waals surface area contributed by atoms with Crippen molar-refractivity contribution in [3.63, 3.8) is 0 Å². The second kappa shape index (κ2) is 5.28. The summed E-state index contributed by atoms with van der Waals surface area (Å²) in [6.07, 6.45) is 8.36. The van der Waals surface area contributed by atoms with Crippen LogP contribution in [0.3, 0.4) is 0 Å². The highest BCUT2D eigenvalue weighted by Gasteiger charge is 2.30. The minimum Gasteiger partial charge on any atom is -0.383 e. The molecule has 2 rings (SSSR count). The Morgan fingerprint density at radius 2 is 2.47 bits per heavy atom. The molecule has 1 saturated carbocycles. The van der Waals surface area contributed by atoms with Crippen LogP contribution in [0.25, 0.3) is 0 Å². The van der Waals surface area contributed by atoms with Gasteiger partial charge in [0.2, 0.25) is 0 Å². The van der Waals surface area contributed by atoms with Crippen molar-refractivity contribution in [1.29, 1.82) is 0 Å². The zero-order valence-electron chi connectivity index (χ0n) is 9.22. The number of nitrogens with one attached hydrogen (secondary N) is 1. The van der Waals surface area contributed by atoms with E-state index < -0.39 is 0 Å². The molecule has 1 aromatic rings. The van der Waals surface area contributed by atoms with Gasteiger partial charge in [-0.2, -0.15) is 0 Å². The van der Waals surface area contributed by atoms with Crippen LogP contribution in [0.2, 0.25) is 0 Å². The van der Waals surface area contributed by atoms with Crippen LogP contribution in [0.1, 0.15) is 12.8 Å². The van der Waals surface area contributed by atoms with E-state index in [0.717, 1.165) is 25.6 Å². The Bertz CT molecular complexity index is 269. The topological polar surface area (TPSA) is 39.1 Å². The summed E-state index contributed by atoms with van der Waals surface area (Å²) in [6, 6.07) is 0.540. The van der Waals surface area contributed by atoms with Crippen molar-refractivity contribution < 1.29 is 4.74 Å². The average molecular weight is 209 g/mol. The van der Waals surface area contributed by atoms with Crippen molar-refractivity contribution in [3.8, 4) is 0 Å². The molecule has 84 valence electrons. The Hall–Kier alpha value is -0.870. The molecule has 1 fully saturated rings. The molecule has 1 unspecified atom stereocenters. The molecule has 0 amide bonds. The third-order valence-corrected chi connectivity index (χ3v) is 2.87. The van der Waals surface area contributed by atoms with Gasteiger partial charge >= 0.3 is 0 Å². The van der Waals surface area contributed by atoms with Crippen molar-refractivity contribution in [3.05, 3.63) is 18.7 Å². The summed E-state index contributed by atoms with van der Waals surface area (Å²) in [4.78, 5) is 4.01. The summed E-state index contributed by atoms with van der Waals surface area (Å²) in [5.41, 5.74) is 0. The van der Waals surface area contributed by atoms with E-state index in [1.165, 1.54) is 12.8 Å². The zero-order valence-corrected chi connectivity index (χ0v) is 9.22. The number of hydrogen-bond donors (Lipinski definition) is 1. The molecule has 1 N–H and O–H groups in total. The first-order valence-corrected chi connectivity index (χ1v) is 5.58. The second-order valence-corrected chi connectivity index (χ2v) is 4.15. The van der Waals surface area contributed by atoms with Gasteiger partial charge in [0.15, 0.2) is 0 Å². The average Bonchev–Trinajstić information content (AvgIpc) is 2.96. The Kier molecular flexibility index (Phi) is 3.75. The highest BCUT2D eigenvalue weighted by Crippen LogP contribution is 2.32. The highest BCUT2D eigenvalue weighted by atomic mass is 16.5. The Morgan fingerprint density at radius 3 is 3.07 bits per heavy atom. The van der Waals surface area contributed by atoms with E-state index in [1.807, 2.05) is 18.7 Å². The molecule has 0 spiro atoms. The fourth-order valence-corrected chi connectivity index (χ4v) is 1.84. The monoisotopic (exact) mass is 209 g/mol. The van der Waals surface area contributed by atoms with Crippen molar-refractivity contribution in [2.75, 3.05) is 20.3 Å². The molecule has 15 heavy (non-hydrogen) atoms. The normalized spacial score (nSPS) is 17.9. The number of ether oxygens (including phenoxy) is 1.